The highest BCUT2D eigenvalue weighted by Crippen LogP contribution is 2.43. The van der Waals surface area contributed by atoms with Crippen LogP contribution in [-0.4, -0.2) is 40.0 Å². The van der Waals surface area contributed by atoms with Gasteiger partial charge < -0.3 is 14.1 Å². The molecule has 196 valence electrons. The number of piperidine rings is 3. The molecule has 4 aliphatic rings. The van der Waals surface area contributed by atoms with Crippen LogP contribution in [0.15, 0.2) is 64.0 Å². The summed E-state index contributed by atoms with van der Waals surface area (Å²) in [5, 5.41) is 18.9. The van der Waals surface area contributed by atoms with Gasteiger partial charge in [-0.25, -0.2) is 4.39 Å². The third-order valence-electron chi connectivity index (χ3n) is 9.15. The van der Waals surface area contributed by atoms with Gasteiger partial charge in [0.15, 0.2) is 12.4 Å². The monoisotopic (exact) mass is 521 g/mol. The molecule has 4 heterocycles. The highest BCUT2D eigenvalue weighted by atomic mass is 32.2. The first-order valence-electron chi connectivity index (χ1n) is 13.9. The maximum atomic E-state index is 14.6. The number of aromatic nitrogens is 2. The lowest BCUT2D eigenvalue weighted by Gasteiger charge is -2.52. The Morgan fingerprint density at radius 2 is 1.78 bits per heavy atom. The van der Waals surface area contributed by atoms with Gasteiger partial charge in [-0.2, -0.15) is 4.98 Å². The minimum Gasteiger partial charge on any atom is -0.840 e. The van der Waals surface area contributed by atoms with Crippen molar-refractivity contribution in [3.63, 3.8) is 0 Å². The van der Waals surface area contributed by atoms with Crippen molar-refractivity contribution in [3.8, 4) is 0 Å². The molecule has 2 bridgehead atoms. The summed E-state index contributed by atoms with van der Waals surface area (Å²) in [6.45, 7) is 4.01. The van der Waals surface area contributed by atoms with Gasteiger partial charge in [0.25, 0.3) is 5.89 Å². The molecule has 3 aromatic rings. The number of thioether (sulfide) groups is 1. The van der Waals surface area contributed by atoms with E-state index in [0.717, 1.165) is 71.9 Å². The van der Waals surface area contributed by atoms with Crippen molar-refractivity contribution in [2.45, 2.75) is 62.0 Å². The van der Waals surface area contributed by atoms with Crippen LogP contribution < -0.4 is 5.11 Å². The quantitative estimate of drug-likeness (QED) is 0.288. The average molecular weight is 522 g/mol. The van der Waals surface area contributed by atoms with E-state index in [1.807, 2.05) is 36.4 Å². The fourth-order valence-electron chi connectivity index (χ4n) is 7.11. The zero-order valence-corrected chi connectivity index (χ0v) is 22.2. The Morgan fingerprint density at radius 3 is 2.54 bits per heavy atom. The van der Waals surface area contributed by atoms with Crippen molar-refractivity contribution in [3.05, 3.63) is 77.7 Å². The van der Waals surface area contributed by atoms with Crippen LogP contribution in [0.1, 0.15) is 62.2 Å². The summed E-state index contributed by atoms with van der Waals surface area (Å²) in [5.41, 5.74) is -0.725. The Kier molecular flexibility index (Phi) is 7.12. The second-order valence-corrected chi connectivity index (χ2v) is 12.5. The first-order chi connectivity index (χ1) is 18.0. The molecule has 1 aliphatic carbocycles. The molecule has 7 heteroatoms. The van der Waals surface area contributed by atoms with Crippen LogP contribution in [0.2, 0.25) is 0 Å². The van der Waals surface area contributed by atoms with Crippen LogP contribution >= 0.6 is 11.8 Å². The summed E-state index contributed by atoms with van der Waals surface area (Å²) in [4.78, 5) is 5.81. The smallest absolute Gasteiger partial charge is 0.281 e. The van der Waals surface area contributed by atoms with Gasteiger partial charge in [-0.3, -0.25) is 0 Å². The Bertz CT molecular complexity index is 1190. The Balaban J connectivity index is 1.19. The number of hydrogen-bond donors (Lipinski definition) is 0. The molecule has 7 rings (SSSR count). The lowest BCUT2D eigenvalue weighted by Crippen LogP contribution is -2.61. The number of hydrogen-bond acceptors (Lipinski definition) is 5. The number of fused-ring (bicyclic) bond motifs is 3. The first-order valence-corrected chi connectivity index (χ1v) is 14.9. The van der Waals surface area contributed by atoms with Crippen LogP contribution in [0.4, 0.5) is 4.39 Å². The van der Waals surface area contributed by atoms with Gasteiger partial charge in [0.05, 0.1) is 19.6 Å². The zero-order chi connectivity index (χ0) is 25.3. The third kappa shape index (κ3) is 5.10. The van der Waals surface area contributed by atoms with Crippen LogP contribution in [-0.2, 0) is 12.1 Å². The van der Waals surface area contributed by atoms with Gasteiger partial charge in [0, 0.05) is 29.4 Å². The van der Waals surface area contributed by atoms with Crippen LogP contribution in [0, 0.1) is 23.6 Å². The molecule has 0 spiro atoms. The minimum absolute atomic E-state index is 0.0175. The Hall–Kier alpha value is -2.22. The summed E-state index contributed by atoms with van der Waals surface area (Å²) in [7, 11) is 0. The largest absolute Gasteiger partial charge is 0.840 e. The van der Waals surface area contributed by atoms with E-state index in [1.54, 1.807) is 23.9 Å². The maximum absolute atomic E-state index is 14.6. The number of benzene rings is 2. The molecular formula is C30H36FN3O2S. The van der Waals surface area contributed by atoms with Gasteiger partial charge in [-0.1, -0.05) is 79.2 Å². The molecule has 0 amide bonds. The minimum atomic E-state index is -1.47. The van der Waals surface area contributed by atoms with Crippen LogP contribution in [0.5, 0.6) is 0 Å². The van der Waals surface area contributed by atoms with Gasteiger partial charge >= 0.3 is 0 Å². The molecule has 37 heavy (non-hydrogen) atoms. The molecule has 1 aromatic heterocycles. The normalized spacial score (nSPS) is 27.7. The van der Waals surface area contributed by atoms with E-state index in [1.165, 1.54) is 25.3 Å². The summed E-state index contributed by atoms with van der Waals surface area (Å²) >= 11 is 1.76. The molecule has 2 aromatic carbocycles. The van der Waals surface area contributed by atoms with Crippen molar-refractivity contribution < 1.29 is 18.5 Å². The second kappa shape index (κ2) is 10.5. The van der Waals surface area contributed by atoms with Crippen LogP contribution in [0.25, 0.3) is 0 Å². The predicted molar refractivity (Wildman–Crippen MR) is 140 cm³/mol. The molecule has 3 aliphatic heterocycles. The number of nitrogens with zero attached hydrogens (tertiary/aromatic N) is 3. The number of quaternary nitrogens is 1. The van der Waals surface area contributed by atoms with E-state index in [2.05, 4.69) is 5.16 Å². The van der Waals surface area contributed by atoms with E-state index in [0.29, 0.717) is 24.2 Å². The number of halogens is 1. The summed E-state index contributed by atoms with van der Waals surface area (Å²) in [6.07, 6.45) is 7.59. The van der Waals surface area contributed by atoms with Crippen molar-refractivity contribution in [2.75, 3.05) is 25.4 Å². The van der Waals surface area contributed by atoms with Gasteiger partial charge in [-0.15, -0.1) is 11.8 Å². The van der Waals surface area contributed by atoms with E-state index in [9.17, 15) is 9.50 Å². The molecule has 5 nitrogen and oxygen atoms in total. The molecule has 1 saturated carbocycles. The molecule has 2 atom stereocenters. The predicted octanol–water partition coefficient (Wildman–Crippen LogP) is 5.54. The summed E-state index contributed by atoms with van der Waals surface area (Å²) in [5.74, 6) is 3.04. The van der Waals surface area contributed by atoms with Crippen molar-refractivity contribution in [1.82, 2.24) is 10.1 Å². The summed E-state index contributed by atoms with van der Waals surface area (Å²) < 4.78 is 20.4. The Labute approximate surface area is 223 Å². The molecule has 4 fully saturated rings. The Morgan fingerprint density at radius 1 is 1.00 bits per heavy atom. The molecular weight excluding hydrogens is 485 g/mol. The molecule has 1 unspecified atom stereocenters. The van der Waals surface area contributed by atoms with Crippen LogP contribution in [0.3, 0.4) is 0 Å². The molecule has 3 saturated heterocycles. The SMILES string of the molecule is [O-][C@@](c1ccccc1)(c1noc(C[N+]23CCC(CC2)C(CSc2cccc(F)c2)C3)n1)C1CCCCC1. The lowest BCUT2D eigenvalue weighted by molar-refractivity contribution is -0.959. The topological polar surface area (TPSA) is 62.0 Å². The van der Waals surface area contributed by atoms with Crippen molar-refractivity contribution in [1.29, 1.82) is 0 Å². The van der Waals surface area contributed by atoms with Gasteiger partial charge in [-0.05, 0) is 35.6 Å². The first kappa shape index (κ1) is 25.1. The fourth-order valence-corrected chi connectivity index (χ4v) is 8.26. The standard InChI is InChI=1S/C30H36FN3O2S/c31-26-12-7-13-27(18-26)37-21-23-19-34(16-14-22(23)15-17-34)20-28-32-29(33-36-28)30(35,24-8-3-1-4-9-24)25-10-5-2-6-11-25/h1,3-4,7-9,12-13,18,22-23,25H,2,5-6,10-11,14-17,19-21H2/t22?,23?,30-,34?/m1/s1. The molecule has 0 radical (unpaired) electrons. The summed E-state index contributed by atoms with van der Waals surface area (Å²) in [6, 6.07) is 16.6. The van der Waals surface area contributed by atoms with E-state index in [-0.39, 0.29) is 11.7 Å². The molecule has 0 N–H and O–H groups in total. The van der Waals surface area contributed by atoms with Crippen molar-refractivity contribution >= 4 is 11.8 Å². The van der Waals surface area contributed by atoms with Gasteiger partial charge in [0.1, 0.15) is 5.82 Å². The second-order valence-electron chi connectivity index (χ2n) is 11.4. The highest BCUT2D eigenvalue weighted by molar-refractivity contribution is 7.99. The van der Waals surface area contributed by atoms with E-state index < -0.39 is 5.60 Å². The fraction of sp³-hybridized carbons (Fsp3) is 0.533. The van der Waals surface area contributed by atoms with E-state index in [4.69, 9.17) is 9.51 Å². The average Bonchev–Trinajstić information content (AvgIpc) is 3.41. The lowest BCUT2D eigenvalue weighted by atomic mass is 9.73. The number of rotatable bonds is 8. The third-order valence-corrected chi connectivity index (χ3v) is 10.3. The van der Waals surface area contributed by atoms with E-state index >= 15 is 0 Å². The zero-order valence-electron chi connectivity index (χ0n) is 21.4. The maximum Gasteiger partial charge on any atom is 0.281 e. The van der Waals surface area contributed by atoms with Gasteiger partial charge in [0.2, 0.25) is 0 Å². The van der Waals surface area contributed by atoms with Crippen molar-refractivity contribution in [2.24, 2.45) is 17.8 Å². The highest BCUT2D eigenvalue weighted by Gasteiger charge is 2.47.